The van der Waals surface area contributed by atoms with E-state index in [0.29, 0.717) is 23.0 Å². The van der Waals surface area contributed by atoms with Crippen LogP contribution in [0.2, 0.25) is 5.02 Å². The highest BCUT2D eigenvalue weighted by atomic mass is 35.5. The number of hydrogen-bond donors (Lipinski definition) is 2. The van der Waals surface area contributed by atoms with E-state index in [0.717, 1.165) is 42.8 Å². The Morgan fingerprint density at radius 3 is 2.95 bits per heavy atom. The van der Waals surface area contributed by atoms with E-state index in [1.54, 1.807) is 10.7 Å². The largest absolute Gasteiger partial charge is 0.367 e. The van der Waals surface area contributed by atoms with E-state index in [-0.39, 0.29) is 0 Å². The third-order valence-electron chi connectivity index (χ3n) is 3.92. The fraction of sp³-hybridized carbons (Fsp3) is 0.600. The van der Waals surface area contributed by atoms with Crippen LogP contribution in [0.4, 0.5) is 5.82 Å². The van der Waals surface area contributed by atoms with Crippen molar-refractivity contribution in [2.24, 2.45) is 11.7 Å². The summed E-state index contributed by atoms with van der Waals surface area (Å²) in [7, 11) is 0. The van der Waals surface area contributed by atoms with Gasteiger partial charge < -0.3 is 11.1 Å². The normalized spacial score (nSPS) is 22.3. The zero-order valence-electron chi connectivity index (χ0n) is 12.5. The van der Waals surface area contributed by atoms with Crippen molar-refractivity contribution >= 4 is 23.1 Å². The Morgan fingerprint density at radius 2 is 2.29 bits per heavy atom. The SMILES string of the molecule is CC(C)Cc1cc(N[C@H]2CC[C@H](N)C2)n2ncc(Cl)c2n1. The predicted octanol–water partition coefficient (Wildman–Crippen LogP) is 2.87. The van der Waals surface area contributed by atoms with Gasteiger partial charge in [-0.15, -0.1) is 0 Å². The van der Waals surface area contributed by atoms with Crippen molar-refractivity contribution < 1.29 is 0 Å². The third-order valence-corrected chi connectivity index (χ3v) is 4.19. The minimum Gasteiger partial charge on any atom is -0.367 e. The van der Waals surface area contributed by atoms with Crippen LogP contribution in [0.15, 0.2) is 12.3 Å². The van der Waals surface area contributed by atoms with Gasteiger partial charge in [0.2, 0.25) is 0 Å². The quantitative estimate of drug-likeness (QED) is 0.911. The van der Waals surface area contributed by atoms with Crippen LogP contribution in [0.3, 0.4) is 0 Å². The average Bonchev–Trinajstić information content (AvgIpc) is 2.96. The van der Waals surface area contributed by atoms with Gasteiger partial charge in [0.05, 0.1) is 6.20 Å². The van der Waals surface area contributed by atoms with Gasteiger partial charge in [-0.05, 0) is 31.6 Å². The van der Waals surface area contributed by atoms with Crippen LogP contribution < -0.4 is 11.1 Å². The van der Waals surface area contributed by atoms with E-state index >= 15 is 0 Å². The molecule has 0 aromatic carbocycles. The number of rotatable bonds is 4. The van der Waals surface area contributed by atoms with Crippen LogP contribution in [0, 0.1) is 5.92 Å². The molecule has 0 radical (unpaired) electrons. The Bertz CT molecular complexity index is 636. The highest BCUT2D eigenvalue weighted by Crippen LogP contribution is 2.25. The van der Waals surface area contributed by atoms with Crippen molar-refractivity contribution in [1.29, 1.82) is 0 Å². The summed E-state index contributed by atoms with van der Waals surface area (Å²) in [5.41, 5.74) is 7.76. The first-order valence-corrected chi connectivity index (χ1v) is 7.96. The van der Waals surface area contributed by atoms with E-state index in [4.69, 9.17) is 17.3 Å². The summed E-state index contributed by atoms with van der Waals surface area (Å²) in [6.07, 6.45) is 5.74. The zero-order chi connectivity index (χ0) is 15.0. The van der Waals surface area contributed by atoms with Gasteiger partial charge in [-0.1, -0.05) is 25.4 Å². The van der Waals surface area contributed by atoms with Gasteiger partial charge in [-0.25, -0.2) is 4.98 Å². The van der Waals surface area contributed by atoms with Crippen LogP contribution in [-0.2, 0) is 6.42 Å². The standard InChI is InChI=1S/C15H22ClN5/c1-9(2)5-12-7-14(19-11-4-3-10(17)6-11)21-15(20-12)13(16)8-18-21/h7-11,19H,3-6,17H2,1-2H3/t10-,11-/m0/s1. The van der Waals surface area contributed by atoms with E-state index in [9.17, 15) is 0 Å². The summed E-state index contributed by atoms with van der Waals surface area (Å²) in [5, 5.41) is 8.48. The second-order valence-electron chi connectivity index (χ2n) is 6.37. The molecule has 0 aliphatic heterocycles. The number of fused-ring (bicyclic) bond motifs is 1. The molecule has 21 heavy (non-hydrogen) atoms. The molecular formula is C15H22ClN5. The van der Waals surface area contributed by atoms with Gasteiger partial charge in [0.1, 0.15) is 10.8 Å². The van der Waals surface area contributed by atoms with E-state index in [2.05, 4.69) is 35.3 Å². The van der Waals surface area contributed by atoms with Crippen molar-refractivity contribution in [2.75, 3.05) is 5.32 Å². The Hall–Kier alpha value is -1.33. The number of aromatic nitrogens is 3. The number of nitrogens with zero attached hydrogens (tertiary/aromatic N) is 3. The molecule has 0 amide bonds. The van der Waals surface area contributed by atoms with Gasteiger partial charge in [0.15, 0.2) is 5.65 Å². The molecule has 0 unspecified atom stereocenters. The van der Waals surface area contributed by atoms with Gasteiger partial charge in [-0.3, -0.25) is 0 Å². The lowest BCUT2D eigenvalue weighted by Gasteiger charge is -2.16. The van der Waals surface area contributed by atoms with Crippen LogP contribution in [-0.4, -0.2) is 26.7 Å². The van der Waals surface area contributed by atoms with Crippen molar-refractivity contribution in [3.63, 3.8) is 0 Å². The second kappa shape index (κ2) is 5.81. The lowest BCUT2D eigenvalue weighted by molar-refractivity contribution is 0.634. The van der Waals surface area contributed by atoms with Crippen molar-refractivity contribution in [2.45, 2.75) is 51.6 Å². The molecule has 114 valence electrons. The summed E-state index contributed by atoms with van der Waals surface area (Å²) in [6, 6.07) is 2.79. The lowest BCUT2D eigenvalue weighted by atomic mass is 10.1. The van der Waals surface area contributed by atoms with Crippen molar-refractivity contribution in [1.82, 2.24) is 14.6 Å². The summed E-state index contributed by atoms with van der Waals surface area (Å²) in [5.74, 6) is 1.51. The predicted molar refractivity (Wildman–Crippen MR) is 85.8 cm³/mol. The van der Waals surface area contributed by atoms with Crippen molar-refractivity contribution in [3.8, 4) is 0 Å². The minimum absolute atomic E-state index is 0.302. The number of anilines is 1. The molecule has 3 rings (SSSR count). The summed E-state index contributed by atoms with van der Waals surface area (Å²) < 4.78 is 1.79. The smallest absolute Gasteiger partial charge is 0.176 e. The molecule has 2 aromatic heterocycles. The number of hydrogen-bond acceptors (Lipinski definition) is 4. The van der Waals surface area contributed by atoms with E-state index in [1.807, 2.05) is 0 Å². The van der Waals surface area contributed by atoms with Crippen LogP contribution in [0.1, 0.15) is 38.8 Å². The molecule has 1 aliphatic rings. The highest BCUT2D eigenvalue weighted by Gasteiger charge is 2.23. The van der Waals surface area contributed by atoms with Crippen molar-refractivity contribution in [3.05, 3.63) is 23.0 Å². The molecule has 1 saturated carbocycles. The zero-order valence-corrected chi connectivity index (χ0v) is 13.3. The maximum atomic E-state index is 6.20. The first-order valence-electron chi connectivity index (χ1n) is 7.58. The molecule has 6 heteroatoms. The molecular weight excluding hydrogens is 286 g/mol. The van der Waals surface area contributed by atoms with E-state index in [1.165, 1.54) is 0 Å². The molecule has 2 atom stereocenters. The molecule has 2 heterocycles. The monoisotopic (exact) mass is 307 g/mol. The van der Waals surface area contributed by atoms with Gasteiger partial charge in [0.25, 0.3) is 0 Å². The molecule has 0 bridgehead atoms. The molecule has 0 spiro atoms. The minimum atomic E-state index is 0.302. The number of nitrogens with one attached hydrogen (secondary N) is 1. The third kappa shape index (κ3) is 3.14. The first-order chi connectivity index (χ1) is 10.0. The fourth-order valence-corrected chi connectivity index (χ4v) is 3.13. The molecule has 1 aliphatic carbocycles. The Balaban J connectivity index is 1.94. The fourth-order valence-electron chi connectivity index (χ4n) is 2.97. The van der Waals surface area contributed by atoms with Crippen LogP contribution in [0.25, 0.3) is 5.65 Å². The first kappa shape index (κ1) is 14.6. The Kier molecular flexibility index (Phi) is 4.04. The van der Waals surface area contributed by atoms with Crippen LogP contribution >= 0.6 is 11.6 Å². The number of halogens is 1. The highest BCUT2D eigenvalue weighted by molar-refractivity contribution is 6.33. The molecule has 1 fully saturated rings. The molecule has 2 aromatic rings. The van der Waals surface area contributed by atoms with Gasteiger partial charge >= 0.3 is 0 Å². The maximum absolute atomic E-state index is 6.20. The van der Waals surface area contributed by atoms with E-state index < -0.39 is 0 Å². The summed E-state index contributed by atoms with van der Waals surface area (Å²) in [4.78, 5) is 4.63. The molecule has 0 saturated heterocycles. The maximum Gasteiger partial charge on any atom is 0.176 e. The van der Waals surface area contributed by atoms with Gasteiger partial charge in [0, 0.05) is 23.8 Å². The topological polar surface area (TPSA) is 68.2 Å². The van der Waals surface area contributed by atoms with Gasteiger partial charge in [-0.2, -0.15) is 9.61 Å². The lowest BCUT2D eigenvalue weighted by Crippen LogP contribution is -2.22. The second-order valence-corrected chi connectivity index (χ2v) is 6.78. The Labute approximate surface area is 129 Å². The van der Waals surface area contributed by atoms with Crippen LogP contribution in [0.5, 0.6) is 0 Å². The molecule has 3 N–H and O–H groups in total. The molecule has 5 nitrogen and oxygen atoms in total. The summed E-state index contributed by atoms with van der Waals surface area (Å²) >= 11 is 6.20. The Morgan fingerprint density at radius 1 is 1.48 bits per heavy atom. The number of nitrogens with two attached hydrogens (primary N) is 1. The summed E-state index contributed by atoms with van der Waals surface area (Å²) in [6.45, 7) is 4.37. The average molecular weight is 308 g/mol.